The maximum Gasteiger partial charge on any atom is 0.410 e. The summed E-state index contributed by atoms with van der Waals surface area (Å²) < 4.78 is 5.39. The Bertz CT molecular complexity index is 534. The molecule has 0 saturated carbocycles. The number of aliphatic hydroxyl groups excluding tert-OH is 1. The molecule has 1 aromatic rings. The Morgan fingerprint density at radius 1 is 1.29 bits per heavy atom. The summed E-state index contributed by atoms with van der Waals surface area (Å²) in [7, 11) is 0. The molecule has 5 nitrogen and oxygen atoms in total. The number of benzene rings is 1. The van der Waals surface area contributed by atoms with Crippen molar-refractivity contribution in [2.24, 2.45) is 0 Å². The SMILES string of the molecule is CC(C)(C)OC(=O)N1CCc2ccc(CO)c(O)c2CC1. The van der Waals surface area contributed by atoms with Gasteiger partial charge in [-0.05, 0) is 44.7 Å². The van der Waals surface area contributed by atoms with E-state index in [1.807, 2.05) is 26.8 Å². The van der Waals surface area contributed by atoms with Gasteiger partial charge in [0.05, 0.1) is 6.61 Å². The molecular weight excluding hydrogens is 270 g/mol. The molecule has 0 fully saturated rings. The monoisotopic (exact) mass is 293 g/mol. The lowest BCUT2D eigenvalue weighted by atomic mass is 9.99. The second-order valence-corrected chi connectivity index (χ2v) is 6.34. The number of rotatable bonds is 1. The topological polar surface area (TPSA) is 70.0 Å². The second kappa shape index (κ2) is 5.93. The van der Waals surface area contributed by atoms with Gasteiger partial charge >= 0.3 is 6.09 Å². The second-order valence-electron chi connectivity index (χ2n) is 6.34. The van der Waals surface area contributed by atoms with Crippen molar-refractivity contribution in [1.82, 2.24) is 4.90 Å². The van der Waals surface area contributed by atoms with Crippen LogP contribution in [0.4, 0.5) is 4.79 Å². The Kier molecular flexibility index (Phi) is 4.42. The van der Waals surface area contributed by atoms with Gasteiger partial charge in [0.2, 0.25) is 0 Å². The summed E-state index contributed by atoms with van der Waals surface area (Å²) in [5.41, 5.74) is 1.87. The van der Waals surface area contributed by atoms with Gasteiger partial charge in [0.15, 0.2) is 0 Å². The fourth-order valence-electron chi connectivity index (χ4n) is 2.49. The molecule has 0 radical (unpaired) electrons. The quantitative estimate of drug-likeness (QED) is 0.833. The van der Waals surface area contributed by atoms with Gasteiger partial charge in [-0.15, -0.1) is 0 Å². The summed E-state index contributed by atoms with van der Waals surface area (Å²) in [4.78, 5) is 13.8. The van der Waals surface area contributed by atoms with Crippen molar-refractivity contribution in [1.29, 1.82) is 0 Å². The minimum Gasteiger partial charge on any atom is -0.507 e. The maximum absolute atomic E-state index is 12.1. The molecule has 1 aliphatic rings. The molecule has 0 bridgehead atoms. The van der Waals surface area contributed by atoms with Crippen LogP contribution in [0, 0.1) is 0 Å². The molecule has 0 atom stereocenters. The summed E-state index contributed by atoms with van der Waals surface area (Å²) in [5, 5.41) is 19.4. The van der Waals surface area contributed by atoms with Crippen LogP contribution in [-0.2, 0) is 24.2 Å². The smallest absolute Gasteiger partial charge is 0.410 e. The number of hydrogen-bond donors (Lipinski definition) is 2. The maximum atomic E-state index is 12.1. The zero-order valence-electron chi connectivity index (χ0n) is 12.8. The van der Waals surface area contributed by atoms with Crippen molar-refractivity contribution in [2.75, 3.05) is 13.1 Å². The summed E-state index contributed by atoms with van der Waals surface area (Å²) in [6.07, 6.45) is 0.916. The predicted octanol–water partition coefficient (Wildman–Crippen LogP) is 2.22. The standard InChI is InChI=1S/C16H23NO4/c1-16(2,3)21-15(20)17-8-6-11-4-5-12(10-18)14(19)13(11)7-9-17/h4-5,18-19H,6-10H2,1-3H3. The van der Waals surface area contributed by atoms with E-state index in [0.717, 1.165) is 11.1 Å². The molecule has 2 N–H and O–H groups in total. The molecule has 5 heteroatoms. The van der Waals surface area contributed by atoms with Crippen LogP contribution in [-0.4, -0.2) is 39.9 Å². The van der Waals surface area contributed by atoms with Crippen molar-refractivity contribution in [3.63, 3.8) is 0 Å². The largest absolute Gasteiger partial charge is 0.507 e. The number of carbonyl (C=O) groups is 1. The van der Waals surface area contributed by atoms with Crippen molar-refractivity contribution >= 4 is 6.09 Å². The number of carbonyl (C=O) groups excluding carboxylic acids is 1. The molecule has 2 rings (SSSR count). The molecule has 0 saturated heterocycles. The normalized spacial score (nSPS) is 15.3. The molecule has 21 heavy (non-hydrogen) atoms. The Morgan fingerprint density at radius 3 is 2.57 bits per heavy atom. The van der Waals surface area contributed by atoms with E-state index in [4.69, 9.17) is 4.74 Å². The van der Waals surface area contributed by atoms with Crippen LogP contribution in [0.15, 0.2) is 12.1 Å². The number of fused-ring (bicyclic) bond motifs is 1. The van der Waals surface area contributed by atoms with Crippen molar-refractivity contribution < 1.29 is 19.7 Å². The zero-order chi connectivity index (χ0) is 15.6. The molecule has 1 aliphatic heterocycles. The van der Waals surface area contributed by atoms with Gasteiger partial charge in [0, 0.05) is 18.7 Å². The van der Waals surface area contributed by atoms with Crippen LogP contribution in [0.5, 0.6) is 5.75 Å². The average Bonchev–Trinajstić information content (AvgIpc) is 2.60. The first-order chi connectivity index (χ1) is 9.81. The van der Waals surface area contributed by atoms with Gasteiger partial charge in [-0.2, -0.15) is 0 Å². The van der Waals surface area contributed by atoms with E-state index in [9.17, 15) is 15.0 Å². The van der Waals surface area contributed by atoms with Crippen LogP contribution in [0.25, 0.3) is 0 Å². The van der Waals surface area contributed by atoms with E-state index in [1.54, 1.807) is 11.0 Å². The van der Waals surface area contributed by atoms with E-state index in [-0.39, 0.29) is 18.4 Å². The van der Waals surface area contributed by atoms with Crippen molar-refractivity contribution in [2.45, 2.75) is 45.8 Å². The lowest BCUT2D eigenvalue weighted by Crippen LogP contribution is -2.38. The van der Waals surface area contributed by atoms with Crippen LogP contribution >= 0.6 is 0 Å². The summed E-state index contributed by atoms with van der Waals surface area (Å²) in [5.74, 6) is 0.154. The zero-order valence-corrected chi connectivity index (χ0v) is 12.8. The highest BCUT2D eigenvalue weighted by Crippen LogP contribution is 2.29. The number of amides is 1. The number of aliphatic hydroxyl groups is 1. The predicted molar refractivity (Wildman–Crippen MR) is 79.2 cm³/mol. The Balaban J connectivity index is 2.14. The molecule has 0 aliphatic carbocycles. The highest BCUT2D eigenvalue weighted by Gasteiger charge is 2.25. The lowest BCUT2D eigenvalue weighted by Gasteiger charge is -2.26. The van der Waals surface area contributed by atoms with Gasteiger partial charge in [-0.25, -0.2) is 4.79 Å². The van der Waals surface area contributed by atoms with Crippen LogP contribution in [0.1, 0.15) is 37.5 Å². The highest BCUT2D eigenvalue weighted by atomic mass is 16.6. The third-order valence-corrected chi connectivity index (χ3v) is 3.57. The van der Waals surface area contributed by atoms with E-state index in [0.29, 0.717) is 31.5 Å². The number of aromatic hydroxyl groups is 1. The van der Waals surface area contributed by atoms with Gasteiger partial charge in [-0.1, -0.05) is 12.1 Å². The fraction of sp³-hybridized carbons (Fsp3) is 0.562. The Morgan fingerprint density at radius 2 is 1.95 bits per heavy atom. The first kappa shape index (κ1) is 15.6. The summed E-state index contributed by atoms with van der Waals surface area (Å²) in [6.45, 7) is 6.42. The Hall–Kier alpha value is -1.75. The van der Waals surface area contributed by atoms with Crippen LogP contribution < -0.4 is 0 Å². The van der Waals surface area contributed by atoms with Gasteiger partial charge < -0.3 is 19.8 Å². The van der Waals surface area contributed by atoms with E-state index in [2.05, 4.69) is 0 Å². The molecular formula is C16H23NO4. The average molecular weight is 293 g/mol. The lowest BCUT2D eigenvalue weighted by molar-refractivity contribution is 0.0258. The van der Waals surface area contributed by atoms with E-state index < -0.39 is 5.60 Å². The molecule has 1 aromatic carbocycles. The number of nitrogens with zero attached hydrogens (tertiary/aromatic N) is 1. The molecule has 0 aromatic heterocycles. The summed E-state index contributed by atoms with van der Waals surface area (Å²) >= 11 is 0. The van der Waals surface area contributed by atoms with Gasteiger partial charge in [0.25, 0.3) is 0 Å². The number of phenols is 1. The fourth-order valence-corrected chi connectivity index (χ4v) is 2.49. The van der Waals surface area contributed by atoms with Crippen molar-refractivity contribution in [3.05, 3.63) is 28.8 Å². The molecule has 1 heterocycles. The minimum absolute atomic E-state index is 0.154. The molecule has 116 valence electrons. The minimum atomic E-state index is -0.511. The number of ether oxygens (including phenoxy) is 1. The third-order valence-electron chi connectivity index (χ3n) is 3.57. The van der Waals surface area contributed by atoms with Crippen LogP contribution in [0.2, 0.25) is 0 Å². The highest BCUT2D eigenvalue weighted by molar-refractivity contribution is 5.68. The van der Waals surface area contributed by atoms with E-state index in [1.165, 1.54) is 0 Å². The third kappa shape index (κ3) is 3.67. The van der Waals surface area contributed by atoms with Crippen LogP contribution in [0.3, 0.4) is 0 Å². The van der Waals surface area contributed by atoms with Crippen molar-refractivity contribution in [3.8, 4) is 5.75 Å². The first-order valence-corrected chi connectivity index (χ1v) is 7.23. The molecule has 0 spiro atoms. The number of hydrogen-bond acceptors (Lipinski definition) is 4. The molecule has 0 unspecified atom stereocenters. The summed E-state index contributed by atoms with van der Waals surface area (Å²) in [6, 6.07) is 3.65. The van der Waals surface area contributed by atoms with E-state index >= 15 is 0 Å². The van der Waals surface area contributed by atoms with Gasteiger partial charge in [-0.3, -0.25) is 0 Å². The Labute approximate surface area is 125 Å². The first-order valence-electron chi connectivity index (χ1n) is 7.23. The molecule has 1 amide bonds. The van der Waals surface area contributed by atoms with Gasteiger partial charge in [0.1, 0.15) is 11.4 Å².